The lowest BCUT2D eigenvalue weighted by Gasteiger charge is -2.17. The fourth-order valence-electron chi connectivity index (χ4n) is 9.23. The van der Waals surface area contributed by atoms with E-state index in [1.807, 2.05) is 91.0 Å². The largest absolute Gasteiger partial charge is 0.309 e. The zero-order valence-electron chi connectivity index (χ0n) is 33.2. The van der Waals surface area contributed by atoms with Gasteiger partial charge in [0, 0.05) is 44.0 Å². The number of hydrogen-bond acceptors (Lipinski definition) is 3. The quantitative estimate of drug-likeness (QED) is 0.157. The Morgan fingerprint density at radius 1 is 0.452 bits per heavy atom. The van der Waals surface area contributed by atoms with Gasteiger partial charge in [-0.3, -0.25) is 0 Å². The number of aromatic nitrogens is 3. The molecule has 0 radical (unpaired) electrons. The monoisotopic (exact) mass is 788 g/mol. The summed E-state index contributed by atoms with van der Waals surface area (Å²) in [7, 11) is 0. The van der Waals surface area contributed by atoms with Gasteiger partial charge in [-0.1, -0.05) is 146 Å². The van der Waals surface area contributed by atoms with Crippen LogP contribution in [0.5, 0.6) is 0 Å². The van der Waals surface area contributed by atoms with Crippen LogP contribution in [0, 0.1) is 29.2 Å². The summed E-state index contributed by atoms with van der Waals surface area (Å²) in [5.74, 6) is 0. The summed E-state index contributed by atoms with van der Waals surface area (Å²) >= 11 is 0. The van der Waals surface area contributed by atoms with E-state index in [0.717, 1.165) is 77.2 Å². The molecule has 0 fully saturated rings. The highest BCUT2D eigenvalue weighted by Crippen LogP contribution is 2.49. The maximum atomic E-state index is 10.9. The normalized spacial score (nSPS) is 11.2. The van der Waals surface area contributed by atoms with Gasteiger partial charge in [-0.25, -0.2) is 9.83 Å². The zero-order chi connectivity index (χ0) is 41.7. The molecule has 286 valence electrons. The standard InChI is InChI=1S/C56H32N6/c1-59-47-32-38(55-46(35-58)51(36-18-6-2-7-19-36)45(34-57)54(60-55)37-20-8-3-9-21-37)30-31-41(47)44-33-50-52(42-26-14-16-28-48(42)61(50)39-22-10-4-11-23-39)53-43-27-15-17-29-49(43)62(56(44)53)40-24-12-5-13-25-40/h2-33H. The second-order valence-electron chi connectivity index (χ2n) is 15.2. The maximum Gasteiger partial charge on any atom is 0.195 e. The fraction of sp³-hybridized carbons (Fsp3) is 0. The van der Waals surface area contributed by atoms with Crippen molar-refractivity contribution in [3.8, 4) is 68.3 Å². The average Bonchev–Trinajstić information content (AvgIpc) is 3.87. The molecule has 0 N–H and O–H groups in total. The van der Waals surface area contributed by atoms with E-state index < -0.39 is 0 Å². The third-order valence-corrected chi connectivity index (χ3v) is 11.8. The number of para-hydroxylation sites is 4. The Balaban J connectivity index is 1.26. The van der Waals surface area contributed by atoms with E-state index in [1.54, 1.807) is 0 Å². The summed E-state index contributed by atoms with van der Waals surface area (Å²) in [5, 5.41) is 26.1. The molecule has 0 spiro atoms. The molecule has 3 aromatic heterocycles. The van der Waals surface area contributed by atoms with Crippen LogP contribution in [0.1, 0.15) is 11.1 Å². The van der Waals surface area contributed by atoms with Crippen LogP contribution in [0.4, 0.5) is 5.69 Å². The molecular formula is C56H32N6. The zero-order valence-corrected chi connectivity index (χ0v) is 33.2. The molecule has 6 heteroatoms. The summed E-state index contributed by atoms with van der Waals surface area (Å²) in [6.07, 6.45) is 0. The first-order valence-corrected chi connectivity index (χ1v) is 20.3. The van der Waals surface area contributed by atoms with E-state index in [0.29, 0.717) is 33.8 Å². The number of nitrogens with zero attached hydrogens (tertiary/aromatic N) is 6. The van der Waals surface area contributed by atoms with Crippen molar-refractivity contribution in [2.75, 3.05) is 0 Å². The van der Waals surface area contributed by atoms with Gasteiger partial charge in [0.2, 0.25) is 0 Å². The summed E-state index contributed by atoms with van der Waals surface area (Å²) in [6, 6.07) is 69.9. The minimum absolute atomic E-state index is 0.275. The van der Waals surface area contributed by atoms with Gasteiger partial charge in [-0.15, -0.1) is 0 Å². The Morgan fingerprint density at radius 3 is 1.55 bits per heavy atom. The predicted octanol–water partition coefficient (Wildman–Crippen LogP) is 14.2. The molecule has 0 aliphatic rings. The Kier molecular flexibility index (Phi) is 8.54. The molecule has 3 heterocycles. The molecule has 0 aliphatic heterocycles. The lowest BCUT2D eigenvalue weighted by Crippen LogP contribution is -2.02. The van der Waals surface area contributed by atoms with Crippen molar-refractivity contribution in [1.29, 1.82) is 10.5 Å². The molecule has 8 aromatic carbocycles. The van der Waals surface area contributed by atoms with Gasteiger partial charge in [-0.2, -0.15) is 10.5 Å². The summed E-state index contributed by atoms with van der Waals surface area (Å²) < 4.78 is 4.65. The first-order valence-electron chi connectivity index (χ1n) is 20.3. The van der Waals surface area contributed by atoms with Gasteiger partial charge >= 0.3 is 0 Å². The van der Waals surface area contributed by atoms with E-state index in [9.17, 15) is 10.5 Å². The number of hydrogen-bond donors (Lipinski definition) is 0. The minimum Gasteiger partial charge on any atom is -0.309 e. The van der Waals surface area contributed by atoms with Crippen molar-refractivity contribution in [2.24, 2.45) is 0 Å². The minimum atomic E-state index is 0.275. The fourth-order valence-corrected chi connectivity index (χ4v) is 9.23. The molecule has 11 rings (SSSR count). The molecule has 0 amide bonds. The summed E-state index contributed by atoms with van der Waals surface area (Å²) in [5.41, 5.74) is 12.4. The van der Waals surface area contributed by atoms with Gasteiger partial charge in [0.1, 0.15) is 12.1 Å². The van der Waals surface area contributed by atoms with Crippen LogP contribution in [-0.4, -0.2) is 14.1 Å². The SMILES string of the molecule is [C-]#[N+]c1cc(-c2nc(-c3ccccc3)c(C#N)c(-c3ccccc3)c2C#N)ccc1-c1cc2c(c3ccccc3n2-c2ccccc2)c2c3ccccc3n(-c3ccccc3)c12. The first-order chi connectivity index (χ1) is 30.7. The second kappa shape index (κ2) is 14.7. The third kappa shape index (κ3) is 5.51. The van der Waals surface area contributed by atoms with E-state index >= 15 is 0 Å². The molecule has 0 unspecified atom stereocenters. The van der Waals surface area contributed by atoms with Crippen LogP contribution >= 0.6 is 0 Å². The Labute approximate surface area is 357 Å². The lowest BCUT2D eigenvalue weighted by atomic mass is 9.89. The molecular weight excluding hydrogens is 757 g/mol. The molecule has 0 bridgehead atoms. The topological polar surface area (TPSA) is 74.7 Å². The predicted molar refractivity (Wildman–Crippen MR) is 250 cm³/mol. The number of benzene rings is 8. The average molecular weight is 789 g/mol. The van der Waals surface area contributed by atoms with Crippen LogP contribution in [0.2, 0.25) is 0 Å². The van der Waals surface area contributed by atoms with Crippen molar-refractivity contribution in [3.05, 3.63) is 217 Å². The smallest absolute Gasteiger partial charge is 0.195 e. The van der Waals surface area contributed by atoms with E-state index in [2.05, 4.69) is 129 Å². The van der Waals surface area contributed by atoms with E-state index in [1.165, 1.54) is 0 Å². The number of pyridine rings is 1. The summed E-state index contributed by atoms with van der Waals surface area (Å²) in [4.78, 5) is 9.33. The molecule has 0 saturated carbocycles. The van der Waals surface area contributed by atoms with Gasteiger partial charge in [0.15, 0.2) is 5.69 Å². The maximum absolute atomic E-state index is 10.9. The Hall–Kier alpha value is -9.02. The first kappa shape index (κ1) is 36.1. The molecule has 0 atom stereocenters. The van der Waals surface area contributed by atoms with Gasteiger partial charge in [0.05, 0.1) is 51.2 Å². The van der Waals surface area contributed by atoms with Gasteiger partial charge in [-0.05, 0) is 70.8 Å². The highest BCUT2D eigenvalue weighted by Gasteiger charge is 2.27. The van der Waals surface area contributed by atoms with Gasteiger partial charge in [0.25, 0.3) is 0 Å². The molecule has 62 heavy (non-hydrogen) atoms. The summed E-state index contributed by atoms with van der Waals surface area (Å²) in [6.45, 7) is 8.75. The number of rotatable bonds is 6. The Bertz CT molecular complexity index is 3690. The van der Waals surface area contributed by atoms with Crippen molar-refractivity contribution < 1.29 is 0 Å². The van der Waals surface area contributed by atoms with Gasteiger partial charge < -0.3 is 9.13 Å². The highest BCUT2D eigenvalue weighted by atomic mass is 15.0. The Morgan fingerprint density at radius 2 is 0.952 bits per heavy atom. The van der Waals surface area contributed by atoms with E-state index in [4.69, 9.17) is 11.6 Å². The van der Waals surface area contributed by atoms with Crippen LogP contribution in [0.25, 0.3) is 105 Å². The van der Waals surface area contributed by atoms with Crippen molar-refractivity contribution >= 4 is 49.3 Å². The van der Waals surface area contributed by atoms with Crippen LogP contribution < -0.4 is 0 Å². The van der Waals surface area contributed by atoms with Crippen molar-refractivity contribution in [2.45, 2.75) is 0 Å². The van der Waals surface area contributed by atoms with Crippen LogP contribution in [0.3, 0.4) is 0 Å². The van der Waals surface area contributed by atoms with Crippen LogP contribution in [-0.2, 0) is 0 Å². The molecule has 6 nitrogen and oxygen atoms in total. The highest BCUT2D eigenvalue weighted by molar-refractivity contribution is 6.31. The third-order valence-electron chi connectivity index (χ3n) is 11.8. The van der Waals surface area contributed by atoms with Crippen molar-refractivity contribution in [1.82, 2.24) is 14.1 Å². The number of nitriles is 2. The molecule has 11 aromatic rings. The lowest BCUT2D eigenvalue weighted by molar-refractivity contribution is 1.17. The molecule has 0 saturated heterocycles. The second-order valence-corrected chi connectivity index (χ2v) is 15.2. The van der Waals surface area contributed by atoms with Crippen molar-refractivity contribution in [3.63, 3.8) is 0 Å². The van der Waals surface area contributed by atoms with Crippen LogP contribution in [0.15, 0.2) is 194 Å². The number of fused-ring (bicyclic) bond motifs is 7. The van der Waals surface area contributed by atoms with E-state index in [-0.39, 0.29) is 5.56 Å². The molecule has 0 aliphatic carbocycles.